The van der Waals surface area contributed by atoms with Gasteiger partial charge >= 0.3 is 7.12 Å². The number of benzene rings is 1. The molecule has 2 aromatic rings. The minimum absolute atomic E-state index is 0.297. The summed E-state index contributed by atoms with van der Waals surface area (Å²) < 4.78 is 31.9. The quantitative estimate of drug-likeness (QED) is 0.771. The van der Waals surface area contributed by atoms with E-state index in [0.717, 1.165) is 16.6 Å². The SMILES string of the molecule is Cc1cc(F)ccc1Oc1ncc(C)c(C)c1B1OC(C)(C)C(C)(C)O1. The highest BCUT2D eigenvalue weighted by atomic mass is 19.1. The fraction of sp³-hybridized carbons (Fsp3) is 0.450. The van der Waals surface area contributed by atoms with E-state index in [1.807, 2.05) is 41.5 Å². The van der Waals surface area contributed by atoms with Gasteiger partial charge in [0.15, 0.2) is 0 Å². The standard InChI is InChI=1S/C20H25BFNO3/c1-12-10-15(22)8-9-16(12)24-18-17(14(3)13(2)11-23-18)21-25-19(4,5)20(6,7)26-21/h8-11H,1-7H3. The van der Waals surface area contributed by atoms with Crippen LogP contribution < -0.4 is 10.2 Å². The van der Waals surface area contributed by atoms with Crippen LogP contribution in [0.1, 0.15) is 44.4 Å². The van der Waals surface area contributed by atoms with Gasteiger partial charge in [-0.3, -0.25) is 0 Å². The van der Waals surface area contributed by atoms with E-state index in [0.29, 0.717) is 17.2 Å². The van der Waals surface area contributed by atoms with Crippen LogP contribution in [0.25, 0.3) is 0 Å². The van der Waals surface area contributed by atoms with E-state index in [1.165, 1.54) is 12.1 Å². The molecule has 1 saturated heterocycles. The number of pyridine rings is 1. The Morgan fingerprint density at radius 2 is 1.62 bits per heavy atom. The summed E-state index contributed by atoms with van der Waals surface area (Å²) in [7, 11) is -0.580. The van der Waals surface area contributed by atoms with Gasteiger partial charge in [0.05, 0.1) is 11.2 Å². The maximum absolute atomic E-state index is 13.4. The second-order valence-corrected chi connectivity index (χ2v) is 7.89. The van der Waals surface area contributed by atoms with Crippen LogP contribution in [0.15, 0.2) is 24.4 Å². The first-order valence-electron chi connectivity index (χ1n) is 8.77. The minimum atomic E-state index is -0.580. The lowest BCUT2D eigenvalue weighted by molar-refractivity contribution is 0.00578. The molecule has 0 bridgehead atoms. The number of nitrogens with zero attached hydrogens (tertiary/aromatic N) is 1. The van der Waals surface area contributed by atoms with Crippen LogP contribution in [0.2, 0.25) is 0 Å². The maximum atomic E-state index is 13.4. The summed E-state index contributed by atoms with van der Waals surface area (Å²) in [5.41, 5.74) is 2.58. The fourth-order valence-corrected chi connectivity index (χ4v) is 2.85. The lowest BCUT2D eigenvalue weighted by Gasteiger charge is -2.32. The van der Waals surface area contributed by atoms with Crippen molar-refractivity contribution >= 4 is 12.6 Å². The van der Waals surface area contributed by atoms with Crippen LogP contribution in [-0.2, 0) is 9.31 Å². The van der Waals surface area contributed by atoms with Crippen molar-refractivity contribution in [3.8, 4) is 11.6 Å². The van der Waals surface area contributed by atoms with Crippen LogP contribution in [0.3, 0.4) is 0 Å². The topological polar surface area (TPSA) is 40.6 Å². The number of ether oxygens (including phenoxy) is 1. The van der Waals surface area contributed by atoms with E-state index >= 15 is 0 Å². The largest absolute Gasteiger partial charge is 0.500 e. The molecule has 138 valence electrons. The first kappa shape index (κ1) is 18.9. The van der Waals surface area contributed by atoms with Gasteiger partial charge in [-0.25, -0.2) is 9.37 Å². The number of halogens is 1. The van der Waals surface area contributed by atoms with Crippen LogP contribution in [-0.4, -0.2) is 23.3 Å². The van der Waals surface area contributed by atoms with Gasteiger partial charge in [0.25, 0.3) is 0 Å². The van der Waals surface area contributed by atoms with E-state index in [2.05, 4.69) is 4.98 Å². The van der Waals surface area contributed by atoms with E-state index in [9.17, 15) is 4.39 Å². The molecule has 4 nitrogen and oxygen atoms in total. The molecule has 1 aromatic heterocycles. The molecule has 0 aliphatic carbocycles. The van der Waals surface area contributed by atoms with Crippen LogP contribution in [0.5, 0.6) is 11.6 Å². The van der Waals surface area contributed by atoms with Crippen LogP contribution in [0.4, 0.5) is 4.39 Å². The highest BCUT2D eigenvalue weighted by Gasteiger charge is 2.53. The molecule has 6 heteroatoms. The fourth-order valence-electron chi connectivity index (χ4n) is 2.85. The van der Waals surface area contributed by atoms with E-state index < -0.39 is 18.3 Å². The summed E-state index contributed by atoms with van der Waals surface area (Å²) in [6.07, 6.45) is 1.76. The molecule has 0 saturated carbocycles. The third-order valence-corrected chi connectivity index (χ3v) is 5.43. The zero-order valence-corrected chi connectivity index (χ0v) is 16.4. The van der Waals surface area contributed by atoms with Crippen LogP contribution >= 0.6 is 0 Å². The number of hydrogen-bond donors (Lipinski definition) is 0. The zero-order chi connectivity index (χ0) is 19.3. The van der Waals surface area contributed by atoms with Crippen LogP contribution in [0, 0.1) is 26.6 Å². The third kappa shape index (κ3) is 3.24. The Morgan fingerprint density at radius 1 is 1.00 bits per heavy atom. The van der Waals surface area contributed by atoms with Crippen molar-refractivity contribution in [2.75, 3.05) is 0 Å². The summed E-state index contributed by atoms with van der Waals surface area (Å²) in [6.45, 7) is 13.8. The summed E-state index contributed by atoms with van der Waals surface area (Å²) in [5.74, 6) is 0.676. The molecule has 3 rings (SSSR count). The van der Waals surface area contributed by atoms with Gasteiger partial charge in [-0.05, 0) is 83.4 Å². The third-order valence-electron chi connectivity index (χ3n) is 5.43. The molecule has 0 radical (unpaired) electrons. The molecule has 0 spiro atoms. The van der Waals surface area contributed by atoms with E-state index in [-0.39, 0.29) is 5.82 Å². The molecule has 1 aliphatic rings. The molecule has 0 N–H and O–H groups in total. The number of aryl methyl sites for hydroxylation is 2. The predicted molar refractivity (Wildman–Crippen MR) is 101 cm³/mol. The molecular weight excluding hydrogens is 332 g/mol. The lowest BCUT2D eigenvalue weighted by Crippen LogP contribution is -2.41. The van der Waals surface area contributed by atoms with Gasteiger partial charge < -0.3 is 14.0 Å². The Balaban J connectivity index is 2.04. The number of aromatic nitrogens is 1. The van der Waals surface area contributed by atoms with Crippen molar-refractivity contribution in [2.24, 2.45) is 0 Å². The van der Waals surface area contributed by atoms with Crippen molar-refractivity contribution in [3.05, 3.63) is 46.9 Å². The molecule has 1 aromatic carbocycles. The van der Waals surface area contributed by atoms with Crippen molar-refractivity contribution in [1.82, 2.24) is 4.98 Å². The molecule has 0 unspecified atom stereocenters. The lowest BCUT2D eigenvalue weighted by atomic mass is 9.76. The zero-order valence-electron chi connectivity index (χ0n) is 16.4. The Bertz CT molecular complexity index is 835. The number of hydrogen-bond acceptors (Lipinski definition) is 4. The molecule has 1 aliphatic heterocycles. The summed E-state index contributed by atoms with van der Waals surface area (Å²) >= 11 is 0. The first-order chi connectivity index (χ1) is 12.0. The Kier molecular flexibility index (Phi) is 4.61. The highest BCUT2D eigenvalue weighted by molar-refractivity contribution is 6.63. The van der Waals surface area contributed by atoms with Gasteiger partial charge in [-0.1, -0.05) is 0 Å². The normalized spacial score (nSPS) is 18.2. The summed E-state index contributed by atoms with van der Waals surface area (Å²) in [5, 5.41) is 0. The van der Waals surface area contributed by atoms with E-state index in [1.54, 1.807) is 19.2 Å². The molecule has 2 heterocycles. The van der Waals surface area contributed by atoms with Crippen molar-refractivity contribution in [3.63, 3.8) is 0 Å². The second-order valence-electron chi connectivity index (χ2n) is 7.89. The average molecular weight is 357 g/mol. The van der Waals surface area contributed by atoms with Gasteiger partial charge in [0.2, 0.25) is 5.88 Å². The van der Waals surface area contributed by atoms with Gasteiger partial charge in [0.1, 0.15) is 11.6 Å². The Morgan fingerprint density at radius 3 is 2.19 bits per heavy atom. The van der Waals surface area contributed by atoms with Crippen molar-refractivity contribution < 1.29 is 18.4 Å². The maximum Gasteiger partial charge on any atom is 0.500 e. The van der Waals surface area contributed by atoms with Gasteiger partial charge in [-0.2, -0.15) is 0 Å². The average Bonchev–Trinajstić information content (AvgIpc) is 2.73. The number of rotatable bonds is 3. The molecule has 1 fully saturated rings. The summed E-state index contributed by atoms with van der Waals surface area (Å²) in [6, 6.07) is 4.41. The van der Waals surface area contributed by atoms with Gasteiger partial charge in [0, 0.05) is 11.7 Å². The van der Waals surface area contributed by atoms with Crippen molar-refractivity contribution in [2.45, 2.75) is 59.7 Å². The highest BCUT2D eigenvalue weighted by Crippen LogP contribution is 2.38. The Labute approximate surface area is 154 Å². The Hall–Kier alpha value is -1.92. The molecule has 0 amide bonds. The first-order valence-corrected chi connectivity index (χ1v) is 8.77. The molecule has 26 heavy (non-hydrogen) atoms. The molecular formula is C20H25BFNO3. The predicted octanol–water partition coefficient (Wildman–Crippen LogP) is 4.24. The smallest absolute Gasteiger partial charge is 0.439 e. The van der Waals surface area contributed by atoms with E-state index in [4.69, 9.17) is 14.0 Å². The monoisotopic (exact) mass is 357 g/mol. The summed E-state index contributed by atoms with van der Waals surface area (Å²) in [4.78, 5) is 4.46. The molecule has 0 atom stereocenters. The van der Waals surface area contributed by atoms with Gasteiger partial charge in [-0.15, -0.1) is 0 Å². The minimum Gasteiger partial charge on any atom is -0.439 e. The van der Waals surface area contributed by atoms with Crippen molar-refractivity contribution in [1.29, 1.82) is 0 Å². The second kappa shape index (κ2) is 6.36.